The van der Waals surface area contributed by atoms with E-state index in [0.717, 1.165) is 0 Å². The maximum Gasteiger partial charge on any atom is 0.339 e. The van der Waals surface area contributed by atoms with Gasteiger partial charge in [-0.2, -0.15) is 5.10 Å². The maximum atomic E-state index is 12.0. The zero-order valence-corrected chi connectivity index (χ0v) is 12.2. The number of aromatic nitrogens is 3. The van der Waals surface area contributed by atoms with Crippen LogP contribution in [-0.2, 0) is 9.53 Å². The Morgan fingerprint density at radius 3 is 3.00 bits per heavy atom. The van der Waals surface area contributed by atoms with Gasteiger partial charge in [-0.3, -0.25) is 14.8 Å². The minimum Gasteiger partial charge on any atom is -0.462 e. The first-order valence-electron chi connectivity index (χ1n) is 6.91. The average Bonchev–Trinajstić information content (AvgIpc) is 3.17. The van der Waals surface area contributed by atoms with Gasteiger partial charge in [0.25, 0.3) is 5.91 Å². The van der Waals surface area contributed by atoms with Gasteiger partial charge in [0.2, 0.25) is 0 Å². The van der Waals surface area contributed by atoms with Crippen molar-refractivity contribution >= 4 is 23.7 Å². The second kappa shape index (κ2) is 6.22. The molecule has 0 spiro atoms. The zero-order valence-electron chi connectivity index (χ0n) is 12.2. The van der Waals surface area contributed by atoms with Gasteiger partial charge in [0.1, 0.15) is 11.4 Å². The highest BCUT2D eigenvalue weighted by molar-refractivity contribution is 6.32. The third-order valence-electron chi connectivity index (χ3n) is 3.09. The highest BCUT2D eigenvalue weighted by Crippen LogP contribution is 2.16. The highest BCUT2D eigenvalue weighted by atomic mass is 16.5. The quantitative estimate of drug-likeness (QED) is 0.644. The number of aromatic amines is 1. The van der Waals surface area contributed by atoms with Crippen molar-refractivity contribution in [1.82, 2.24) is 20.4 Å². The molecule has 1 amide bonds. The number of amides is 1. The Hall–Kier alpha value is -3.29. The van der Waals surface area contributed by atoms with Crippen molar-refractivity contribution in [3.05, 3.63) is 53.4 Å². The van der Waals surface area contributed by atoms with Gasteiger partial charge in [-0.05, 0) is 19.1 Å². The van der Waals surface area contributed by atoms with E-state index in [1.807, 2.05) is 0 Å². The summed E-state index contributed by atoms with van der Waals surface area (Å²) in [5.74, 6) is -0.773. The fourth-order valence-corrected chi connectivity index (χ4v) is 2.07. The molecule has 0 bridgehead atoms. The number of H-pyrrole nitrogens is 1. The number of nitrogens with one attached hydrogen (secondary N) is 2. The summed E-state index contributed by atoms with van der Waals surface area (Å²) in [6.45, 7) is 2.03. The number of esters is 1. The van der Waals surface area contributed by atoms with Crippen molar-refractivity contribution in [3.8, 4) is 0 Å². The van der Waals surface area contributed by atoms with E-state index in [1.54, 1.807) is 19.1 Å². The smallest absolute Gasteiger partial charge is 0.339 e. The first-order valence-corrected chi connectivity index (χ1v) is 6.91. The molecule has 0 unspecified atom stereocenters. The molecule has 3 rings (SSSR count). The Morgan fingerprint density at radius 2 is 2.26 bits per heavy atom. The fraction of sp³-hybridized carbons (Fsp3) is 0.133. The molecular weight excluding hydrogens is 298 g/mol. The number of nitrogens with zero attached hydrogens (tertiary/aromatic N) is 3. The second-order valence-electron chi connectivity index (χ2n) is 4.61. The number of hydrazone groups is 1. The van der Waals surface area contributed by atoms with Crippen molar-refractivity contribution in [1.29, 1.82) is 0 Å². The van der Waals surface area contributed by atoms with E-state index in [2.05, 4.69) is 25.5 Å². The van der Waals surface area contributed by atoms with Crippen LogP contribution in [-0.4, -0.2) is 39.1 Å². The molecule has 8 heteroatoms. The summed E-state index contributed by atoms with van der Waals surface area (Å²) >= 11 is 0. The van der Waals surface area contributed by atoms with Crippen molar-refractivity contribution in [2.75, 3.05) is 6.61 Å². The van der Waals surface area contributed by atoms with Crippen molar-refractivity contribution in [3.63, 3.8) is 0 Å². The first-order chi connectivity index (χ1) is 11.2. The predicted octanol–water partition coefficient (Wildman–Crippen LogP) is 0.899. The lowest BCUT2D eigenvalue weighted by atomic mass is 10.1. The minimum atomic E-state index is -0.424. The molecule has 0 saturated heterocycles. The third-order valence-corrected chi connectivity index (χ3v) is 3.09. The van der Waals surface area contributed by atoms with Gasteiger partial charge in [-0.15, -0.1) is 0 Å². The number of rotatable bonds is 4. The van der Waals surface area contributed by atoms with Crippen LogP contribution in [0.2, 0.25) is 0 Å². The molecule has 2 aromatic heterocycles. The summed E-state index contributed by atoms with van der Waals surface area (Å²) in [6.07, 6.45) is 7.70. The Kier molecular flexibility index (Phi) is 3.96. The van der Waals surface area contributed by atoms with E-state index in [9.17, 15) is 9.59 Å². The van der Waals surface area contributed by atoms with Crippen molar-refractivity contribution in [2.45, 2.75) is 6.92 Å². The molecule has 0 fully saturated rings. The monoisotopic (exact) mass is 311 g/mol. The molecule has 0 aromatic carbocycles. The molecule has 0 radical (unpaired) electrons. The average molecular weight is 311 g/mol. The van der Waals surface area contributed by atoms with E-state index in [4.69, 9.17) is 4.74 Å². The normalized spacial score (nSPS) is 15.4. The molecule has 1 aliphatic rings. The molecule has 0 saturated carbocycles. The van der Waals surface area contributed by atoms with Crippen LogP contribution in [0, 0.1) is 0 Å². The number of carbonyl (C=O) groups is 2. The Balaban J connectivity index is 1.90. The SMILES string of the molecule is CCOC(=O)c1c[nH]c(C=C2C(=O)NN=C2c2cnccn2)c1. The van der Waals surface area contributed by atoms with Gasteiger partial charge >= 0.3 is 5.97 Å². The van der Waals surface area contributed by atoms with Gasteiger partial charge in [-0.25, -0.2) is 10.2 Å². The van der Waals surface area contributed by atoms with Gasteiger partial charge in [-0.1, -0.05) is 0 Å². The van der Waals surface area contributed by atoms with Gasteiger partial charge in [0.15, 0.2) is 0 Å². The molecule has 8 nitrogen and oxygen atoms in total. The summed E-state index contributed by atoms with van der Waals surface area (Å²) < 4.78 is 4.92. The van der Waals surface area contributed by atoms with Crippen LogP contribution < -0.4 is 5.43 Å². The molecular formula is C15H13N5O3. The standard InChI is InChI=1S/C15H13N5O3/c1-2-23-15(22)9-5-10(18-7-9)6-11-13(19-20-14(11)21)12-8-16-3-4-17-12/h3-8,18H,2H2,1H3,(H,20,21). The molecule has 1 aliphatic heterocycles. The molecule has 0 aliphatic carbocycles. The van der Waals surface area contributed by atoms with E-state index >= 15 is 0 Å². The topological polar surface area (TPSA) is 109 Å². The number of carbonyl (C=O) groups excluding carboxylic acids is 2. The predicted molar refractivity (Wildman–Crippen MR) is 81.4 cm³/mol. The Morgan fingerprint density at radius 1 is 1.39 bits per heavy atom. The number of hydrogen-bond donors (Lipinski definition) is 2. The fourth-order valence-electron chi connectivity index (χ4n) is 2.07. The van der Waals surface area contributed by atoms with Crippen molar-refractivity contribution in [2.24, 2.45) is 5.10 Å². The third kappa shape index (κ3) is 3.00. The summed E-state index contributed by atoms with van der Waals surface area (Å²) in [5.41, 5.74) is 4.58. The van der Waals surface area contributed by atoms with Gasteiger partial charge in [0, 0.05) is 24.3 Å². The molecule has 2 aromatic rings. The molecule has 116 valence electrons. The number of ether oxygens (including phenoxy) is 1. The van der Waals surface area contributed by atoms with Crippen LogP contribution in [0.4, 0.5) is 0 Å². The van der Waals surface area contributed by atoms with Crippen LogP contribution in [0.15, 0.2) is 41.5 Å². The Labute approximate surface area is 131 Å². The van der Waals surface area contributed by atoms with Crippen LogP contribution in [0.25, 0.3) is 6.08 Å². The lowest BCUT2D eigenvalue weighted by molar-refractivity contribution is -0.116. The zero-order chi connectivity index (χ0) is 16.2. The van der Waals surface area contributed by atoms with Gasteiger partial charge in [0.05, 0.1) is 23.9 Å². The summed E-state index contributed by atoms with van der Waals surface area (Å²) in [5, 5.41) is 3.98. The van der Waals surface area contributed by atoms with Crippen LogP contribution in [0.1, 0.15) is 28.7 Å². The van der Waals surface area contributed by atoms with E-state index in [-0.39, 0.29) is 5.91 Å². The molecule has 3 heterocycles. The van der Waals surface area contributed by atoms with E-state index < -0.39 is 5.97 Å². The lowest BCUT2D eigenvalue weighted by Crippen LogP contribution is -2.14. The summed E-state index contributed by atoms with van der Waals surface area (Å²) in [7, 11) is 0. The minimum absolute atomic E-state index is 0.298. The first kappa shape index (κ1) is 14.6. The summed E-state index contributed by atoms with van der Waals surface area (Å²) in [4.78, 5) is 34.6. The summed E-state index contributed by atoms with van der Waals surface area (Å²) in [6, 6.07) is 1.60. The molecule has 23 heavy (non-hydrogen) atoms. The lowest BCUT2D eigenvalue weighted by Gasteiger charge is -1.99. The van der Waals surface area contributed by atoms with E-state index in [0.29, 0.717) is 34.8 Å². The van der Waals surface area contributed by atoms with Crippen LogP contribution in [0.3, 0.4) is 0 Å². The second-order valence-corrected chi connectivity index (χ2v) is 4.61. The molecule has 2 N–H and O–H groups in total. The van der Waals surface area contributed by atoms with E-state index in [1.165, 1.54) is 24.8 Å². The maximum absolute atomic E-state index is 12.0. The van der Waals surface area contributed by atoms with Crippen LogP contribution >= 0.6 is 0 Å². The largest absolute Gasteiger partial charge is 0.462 e. The molecule has 0 atom stereocenters. The Bertz CT molecular complexity index is 808. The van der Waals surface area contributed by atoms with Crippen molar-refractivity contribution < 1.29 is 14.3 Å². The van der Waals surface area contributed by atoms with Gasteiger partial charge < -0.3 is 9.72 Å². The highest BCUT2D eigenvalue weighted by Gasteiger charge is 2.25. The van der Waals surface area contributed by atoms with Crippen LogP contribution in [0.5, 0.6) is 0 Å². The number of hydrogen-bond acceptors (Lipinski definition) is 6.